The highest BCUT2D eigenvalue weighted by atomic mass is 79.9. The Bertz CT molecular complexity index is 375. The van der Waals surface area contributed by atoms with Crippen molar-refractivity contribution in [2.45, 2.75) is 33.1 Å². The van der Waals surface area contributed by atoms with Crippen LogP contribution in [-0.4, -0.2) is 5.78 Å². The van der Waals surface area contributed by atoms with E-state index in [1.165, 1.54) is 19.3 Å². The highest BCUT2D eigenvalue weighted by Gasteiger charge is 2.41. The molecule has 1 heterocycles. The minimum Gasteiger partial charge on any atom is -0.446 e. The molecule has 3 heteroatoms. The molecule has 0 saturated heterocycles. The molecule has 0 radical (unpaired) electrons. The van der Waals surface area contributed by atoms with Gasteiger partial charge in [0.25, 0.3) is 0 Å². The quantitative estimate of drug-likeness (QED) is 0.776. The maximum absolute atomic E-state index is 12.2. The van der Waals surface area contributed by atoms with E-state index in [0.29, 0.717) is 16.3 Å². The Hall–Kier alpha value is -0.570. The van der Waals surface area contributed by atoms with Gasteiger partial charge in [0.05, 0.1) is 0 Å². The first-order valence-corrected chi connectivity index (χ1v) is 6.11. The summed E-state index contributed by atoms with van der Waals surface area (Å²) in [4.78, 5) is 12.2. The lowest BCUT2D eigenvalue weighted by atomic mass is 9.65. The van der Waals surface area contributed by atoms with Crippen LogP contribution in [0.25, 0.3) is 0 Å². The summed E-state index contributed by atoms with van der Waals surface area (Å²) >= 11 is 3.22. The summed E-state index contributed by atoms with van der Waals surface area (Å²) in [5.74, 6) is 1.12. The lowest BCUT2D eigenvalue weighted by Crippen LogP contribution is -2.36. The van der Waals surface area contributed by atoms with Crippen molar-refractivity contribution >= 4 is 21.7 Å². The van der Waals surface area contributed by atoms with Crippen molar-refractivity contribution in [2.75, 3.05) is 0 Å². The fraction of sp³-hybridized carbons (Fsp3) is 0.583. The lowest BCUT2D eigenvalue weighted by Gasteiger charge is -2.38. The van der Waals surface area contributed by atoms with Crippen LogP contribution < -0.4 is 0 Å². The Balaban J connectivity index is 2.19. The molecule has 1 saturated carbocycles. The number of ketones is 1. The fourth-order valence-electron chi connectivity index (χ4n) is 2.07. The number of carbonyl (C=O) groups is 1. The number of rotatable bonds is 3. The molecule has 0 amide bonds. The molecule has 2 rings (SSSR count). The van der Waals surface area contributed by atoms with E-state index in [2.05, 4.69) is 15.9 Å². The summed E-state index contributed by atoms with van der Waals surface area (Å²) in [5, 5.41) is 0. The first-order valence-electron chi connectivity index (χ1n) is 5.32. The van der Waals surface area contributed by atoms with Gasteiger partial charge in [-0.15, -0.1) is 0 Å². The van der Waals surface area contributed by atoms with Gasteiger partial charge in [-0.25, -0.2) is 0 Å². The van der Waals surface area contributed by atoms with Gasteiger partial charge in [0, 0.05) is 5.41 Å². The van der Waals surface area contributed by atoms with Crippen LogP contribution in [0.1, 0.15) is 43.7 Å². The average Bonchev–Trinajstić information content (AvgIpc) is 2.46. The minimum absolute atomic E-state index is 0.123. The van der Waals surface area contributed by atoms with E-state index in [4.69, 9.17) is 4.42 Å². The van der Waals surface area contributed by atoms with E-state index >= 15 is 0 Å². The van der Waals surface area contributed by atoms with Crippen molar-refractivity contribution in [3.8, 4) is 0 Å². The van der Waals surface area contributed by atoms with Gasteiger partial charge in [-0.1, -0.05) is 20.3 Å². The van der Waals surface area contributed by atoms with E-state index in [-0.39, 0.29) is 11.2 Å². The van der Waals surface area contributed by atoms with Crippen molar-refractivity contribution in [3.63, 3.8) is 0 Å². The van der Waals surface area contributed by atoms with Crippen LogP contribution in [-0.2, 0) is 0 Å². The van der Waals surface area contributed by atoms with Crippen LogP contribution in [0.3, 0.4) is 0 Å². The summed E-state index contributed by atoms with van der Waals surface area (Å²) in [6, 6.07) is 3.51. The van der Waals surface area contributed by atoms with Crippen LogP contribution in [0.5, 0.6) is 0 Å². The largest absolute Gasteiger partial charge is 0.446 e. The van der Waals surface area contributed by atoms with Gasteiger partial charge in [-0.05, 0) is 46.8 Å². The summed E-state index contributed by atoms with van der Waals surface area (Å²) in [6.07, 6.45) is 3.59. The van der Waals surface area contributed by atoms with Crippen molar-refractivity contribution in [2.24, 2.45) is 11.3 Å². The Kier molecular flexibility index (Phi) is 2.75. The lowest BCUT2D eigenvalue weighted by molar-refractivity contribution is 0.0590. The molecule has 0 bridgehead atoms. The number of carbonyl (C=O) groups excluding carboxylic acids is 1. The van der Waals surface area contributed by atoms with Crippen LogP contribution in [0.2, 0.25) is 0 Å². The van der Waals surface area contributed by atoms with E-state index in [0.717, 1.165) is 0 Å². The molecular formula is C12H15BrO2. The van der Waals surface area contributed by atoms with E-state index in [1.54, 1.807) is 12.1 Å². The van der Waals surface area contributed by atoms with Gasteiger partial charge in [0.2, 0.25) is 5.78 Å². The predicted molar refractivity (Wildman–Crippen MR) is 61.9 cm³/mol. The fourth-order valence-corrected chi connectivity index (χ4v) is 2.38. The second-order valence-corrected chi connectivity index (χ2v) is 5.56. The predicted octanol–water partition coefficient (Wildman–Crippen LogP) is 4.05. The third kappa shape index (κ3) is 1.89. The molecule has 1 aromatic rings. The molecule has 0 unspecified atom stereocenters. The highest BCUT2D eigenvalue weighted by Crippen LogP contribution is 2.43. The number of hydrogen-bond donors (Lipinski definition) is 0. The first-order chi connectivity index (χ1) is 7.01. The highest BCUT2D eigenvalue weighted by molar-refractivity contribution is 9.10. The maximum atomic E-state index is 12.2. The zero-order valence-electron chi connectivity index (χ0n) is 9.05. The second kappa shape index (κ2) is 3.78. The molecule has 0 N–H and O–H groups in total. The molecule has 1 fully saturated rings. The standard InChI is InChI=1S/C12H15BrO2/c1-12(2,8-4-3-5-8)11(14)9-6-7-10(13)15-9/h6-8H,3-5H2,1-2H3. The number of furan rings is 1. The van der Waals surface area contributed by atoms with Crippen molar-refractivity contribution in [1.82, 2.24) is 0 Å². The van der Waals surface area contributed by atoms with Gasteiger partial charge < -0.3 is 4.42 Å². The molecule has 0 aliphatic heterocycles. The normalized spacial score (nSPS) is 17.5. The molecule has 1 aliphatic carbocycles. The smallest absolute Gasteiger partial charge is 0.203 e. The van der Waals surface area contributed by atoms with Gasteiger partial charge in [0.1, 0.15) is 0 Å². The third-order valence-corrected chi connectivity index (χ3v) is 3.93. The zero-order chi connectivity index (χ0) is 11.1. The molecule has 0 spiro atoms. The average molecular weight is 271 g/mol. The van der Waals surface area contributed by atoms with E-state index in [1.807, 2.05) is 13.8 Å². The monoisotopic (exact) mass is 270 g/mol. The Labute approximate surface area is 98.2 Å². The summed E-state index contributed by atoms with van der Waals surface area (Å²) in [5.41, 5.74) is -0.282. The Morgan fingerprint density at radius 1 is 1.47 bits per heavy atom. The van der Waals surface area contributed by atoms with Crippen LogP contribution in [0, 0.1) is 11.3 Å². The van der Waals surface area contributed by atoms with E-state index in [9.17, 15) is 4.79 Å². The Morgan fingerprint density at radius 3 is 2.53 bits per heavy atom. The molecule has 0 aromatic carbocycles. The molecule has 1 aromatic heterocycles. The van der Waals surface area contributed by atoms with Crippen molar-refractivity contribution in [3.05, 3.63) is 22.6 Å². The number of halogens is 1. The molecular weight excluding hydrogens is 256 g/mol. The zero-order valence-corrected chi connectivity index (χ0v) is 10.6. The SMILES string of the molecule is CC(C)(C(=O)c1ccc(Br)o1)C1CCC1. The maximum Gasteiger partial charge on any atom is 0.203 e. The van der Waals surface area contributed by atoms with Crippen molar-refractivity contribution in [1.29, 1.82) is 0 Å². The second-order valence-electron chi connectivity index (χ2n) is 4.78. The third-order valence-electron chi connectivity index (χ3n) is 3.51. The minimum atomic E-state index is -0.282. The summed E-state index contributed by atoms with van der Waals surface area (Å²) in [7, 11) is 0. The van der Waals surface area contributed by atoms with Crippen LogP contribution in [0.4, 0.5) is 0 Å². The van der Waals surface area contributed by atoms with Gasteiger partial charge in [0.15, 0.2) is 10.4 Å². The topological polar surface area (TPSA) is 30.2 Å². The van der Waals surface area contributed by atoms with Crippen LogP contribution in [0.15, 0.2) is 21.2 Å². The van der Waals surface area contributed by atoms with Crippen LogP contribution >= 0.6 is 15.9 Å². The van der Waals surface area contributed by atoms with Gasteiger partial charge in [-0.2, -0.15) is 0 Å². The molecule has 1 aliphatic rings. The molecule has 0 atom stereocenters. The summed E-state index contributed by atoms with van der Waals surface area (Å²) in [6.45, 7) is 4.05. The van der Waals surface area contributed by atoms with Gasteiger partial charge >= 0.3 is 0 Å². The molecule has 15 heavy (non-hydrogen) atoms. The van der Waals surface area contributed by atoms with Gasteiger partial charge in [-0.3, -0.25) is 4.79 Å². The van der Waals surface area contributed by atoms with Crippen molar-refractivity contribution < 1.29 is 9.21 Å². The summed E-state index contributed by atoms with van der Waals surface area (Å²) < 4.78 is 5.94. The number of hydrogen-bond acceptors (Lipinski definition) is 2. The first kappa shape index (κ1) is 10.9. The van der Waals surface area contributed by atoms with E-state index < -0.39 is 0 Å². The molecule has 2 nitrogen and oxygen atoms in total. The number of Topliss-reactive ketones (excluding diaryl/α,β-unsaturated/α-hetero) is 1. The molecule has 82 valence electrons. The Morgan fingerprint density at radius 2 is 2.13 bits per heavy atom.